The molecule has 1 aromatic heterocycles. The number of carbonyl (C=O) groups is 3. The van der Waals surface area contributed by atoms with Gasteiger partial charge in [-0.15, -0.1) is 23.1 Å². The highest BCUT2D eigenvalue weighted by Gasteiger charge is 2.20. The number of aromatic nitrogens is 1. The fraction of sp³-hybridized carbons (Fsp3) is 0.135. The Labute approximate surface area is 313 Å². The lowest BCUT2D eigenvalue weighted by Gasteiger charge is -2.15. The Morgan fingerprint density at radius 1 is 0.824 bits per heavy atom. The predicted molar refractivity (Wildman–Crippen MR) is 205 cm³/mol. The third-order valence-electron chi connectivity index (χ3n) is 7.29. The van der Waals surface area contributed by atoms with E-state index in [1.54, 1.807) is 79.7 Å². The van der Waals surface area contributed by atoms with Crippen molar-refractivity contribution in [1.82, 2.24) is 10.3 Å². The number of nitrogens with zero attached hydrogens (tertiary/aromatic N) is 1. The molecule has 51 heavy (non-hydrogen) atoms. The molecule has 14 heteroatoms. The van der Waals surface area contributed by atoms with Crippen LogP contribution in [0.1, 0.15) is 22.8 Å². The Kier molecular flexibility index (Phi) is 12.6. The van der Waals surface area contributed by atoms with E-state index in [0.29, 0.717) is 54.9 Å². The van der Waals surface area contributed by atoms with Crippen molar-refractivity contribution in [2.45, 2.75) is 17.1 Å². The summed E-state index contributed by atoms with van der Waals surface area (Å²) in [6, 6.07) is 24.1. The Hall–Kier alpha value is -5.01. The van der Waals surface area contributed by atoms with E-state index in [2.05, 4.69) is 20.9 Å². The fourth-order valence-electron chi connectivity index (χ4n) is 4.69. The zero-order chi connectivity index (χ0) is 36.5. The van der Waals surface area contributed by atoms with E-state index >= 15 is 0 Å². The summed E-state index contributed by atoms with van der Waals surface area (Å²) in [5, 5.41) is 11.1. The van der Waals surface area contributed by atoms with Gasteiger partial charge in [-0.3, -0.25) is 14.4 Å². The number of thioether (sulfide) groups is 1. The van der Waals surface area contributed by atoms with Crippen molar-refractivity contribution in [3.8, 4) is 28.5 Å². The first-order chi connectivity index (χ1) is 24.6. The first-order valence-corrected chi connectivity index (χ1v) is 17.8. The third-order valence-corrected chi connectivity index (χ3v) is 9.88. The van der Waals surface area contributed by atoms with E-state index in [4.69, 9.17) is 37.4 Å². The van der Waals surface area contributed by atoms with Crippen LogP contribution in [-0.2, 0) is 9.59 Å². The monoisotopic (exact) mass is 762 g/mol. The van der Waals surface area contributed by atoms with Gasteiger partial charge in [0.2, 0.25) is 5.91 Å². The van der Waals surface area contributed by atoms with E-state index in [-0.39, 0.29) is 11.6 Å². The van der Waals surface area contributed by atoms with Crippen LogP contribution in [0, 0.1) is 0 Å². The average Bonchev–Trinajstić information content (AvgIpc) is 3.61. The van der Waals surface area contributed by atoms with Gasteiger partial charge >= 0.3 is 0 Å². The molecule has 0 spiro atoms. The summed E-state index contributed by atoms with van der Waals surface area (Å²) < 4.78 is 16.4. The van der Waals surface area contributed by atoms with Crippen LogP contribution in [0.15, 0.2) is 101 Å². The molecule has 0 saturated heterocycles. The molecule has 0 bridgehead atoms. The van der Waals surface area contributed by atoms with E-state index in [0.717, 1.165) is 10.5 Å². The van der Waals surface area contributed by atoms with E-state index in [1.165, 1.54) is 50.5 Å². The van der Waals surface area contributed by atoms with E-state index < -0.39 is 17.1 Å². The number of halogens is 2. The van der Waals surface area contributed by atoms with Crippen LogP contribution in [0.25, 0.3) is 17.3 Å². The van der Waals surface area contributed by atoms with Crippen LogP contribution in [-0.4, -0.2) is 49.3 Å². The molecule has 1 unspecified atom stereocenters. The molecular weight excluding hydrogens is 731 g/mol. The lowest BCUT2D eigenvalue weighted by Crippen LogP contribution is -2.30. The molecule has 10 nitrogen and oxygen atoms in total. The highest BCUT2D eigenvalue weighted by atomic mass is 35.5. The minimum atomic E-state index is -0.592. The van der Waals surface area contributed by atoms with Crippen molar-refractivity contribution >= 4 is 80.9 Å². The molecule has 0 aliphatic carbocycles. The lowest BCUT2D eigenvalue weighted by molar-refractivity contribution is -0.115. The standard InChI is InChI=1S/C37H32Cl2N4O6S2/c1-21(34(44)43-37-42-30(20-50-37)23-13-14-27(38)28(39)15-23)51-26-12-8-11-25(18-26)40-36(46)29(41-35(45)22-9-6-5-7-10-22)16-24-17-32(48-3)33(49-4)19-31(24)47-2/h5-21H,1-4H3,(H,40,46)(H,41,45)(H,42,43,44)/b29-16+. The summed E-state index contributed by atoms with van der Waals surface area (Å²) >= 11 is 14.8. The van der Waals surface area contributed by atoms with Crippen molar-refractivity contribution in [2.75, 3.05) is 32.0 Å². The topological polar surface area (TPSA) is 128 Å². The molecule has 3 amide bonds. The highest BCUT2D eigenvalue weighted by molar-refractivity contribution is 8.00. The van der Waals surface area contributed by atoms with Gasteiger partial charge in [-0.1, -0.05) is 53.5 Å². The van der Waals surface area contributed by atoms with Gasteiger partial charge in [-0.2, -0.15) is 0 Å². The van der Waals surface area contributed by atoms with Crippen molar-refractivity contribution < 1.29 is 28.6 Å². The largest absolute Gasteiger partial charge is 0.496 e. The quantitative estimate of drug-likeness (QED) is 0.0804. The molecule has 5 rings (SSSR count). The summed E-state index contributed by atoms with van der Waals surface area (Å²) in [6.45, 7) is 1.77. The number of methoxy groups -OCH3 is 3. The molecule has 1 heterocycles. The smallest absolute Gasteiger partial charge is 0.272 e. The summed E-state index contributed by atoms with van der Waals surface area (Å²) in [5.41, 5.74) is 2.66. The minimum absolute atomic E-state index is 0.0520. The second-order valence-electron chi connectivity index (χ2n) is 10.7. The zero-order valence-electron chi connectivity index (χ0n) is 27.8. The summed E-state index contributed by atoms with van der Waals surface area (Å²) in [4.78, 5) is 45.3. The molecule has 4 aromatic carbocycles. The van der Waals surface area contributed by atoms with Crippen LogP contribution in [0.3, 0.4) is 0 Å². The molecule has 0 aliphatic heterocycles. The van der Waals surface area contributed by atoms with Gasteiger partial charge in [-0.25, -0.2) is 4.98 Å². The molecular formula is C37H32Cl2N4O6S2. The Bertz CT molecular complexity index is 2090. The number of carbonyl (C=O) groups excluding carboxylic acids is 3. The SMILES string of the molecule is COc1cc(OC)c(OC)cc1/C=C(/NC(=O)c1ccccc1)C(=O)Nc1cccc(SC(C)C(=O)Nc2nc(-c3ccc(Cl)c(Cl)c3)cs2)c1. The average molecular weight is 764 g/mol. The van der Waals surface area contributed by atoms with Crippen LogP contribution in [0.4, 0.5) is 10.8 Å². The Morgan fingerprint density at radius 3 is 2.25 bits per heavy atom. The number of nitrogens with one attached hydrogen (secondary N) is 3. The Morgan fingerprint density at radius 2 is 1.55 bits per heavy atom. The number of benzene rings is 4. The maximum atomic E-state index is 13.8. The predicted octanol–water partition coefficient (Wildman–Crippen LogP) is 8.67. The van der Waals surface area contributed by atoms with Gasteiger partial charge in [0.05, 0.1) is 42.3 Å². The van der Waals surface area contributed by atoms with Gasteiger partial charge in [0.25, 0.3) is 11.8 Å². The molecule has 3 N–H and O–H groups in total. The maximum absolute atomic E-state index is 13.8. The molecule has 0 saturated carbocycles. The van der Waals surface area contributed by atoms with E-state index in [1.807, 2.05) is 17.5 Å². The first-order valence-electron chi connectivity index (χ1n) is 15.3. The number of hydrogen-bond donors (Lipinski definition) is 3. The molecule has 0 fully saturated rings. The van der Waals surface area contributed by atoms with Crippen LogP contribution in [0.2, 0.25) is 10.0 Å². The van der Waals surface area contributed by atoms with Gasteiger partial charge in [0.1, 0.15) is 11.4 Å². The van der Waals surface area contributed by atoms with Gasteiger partial charge in [0.15, 0.2) is 16.6 Å². The molecule has 0 aliphatic rings. The first kappa shape index (κ1) is 37.3. The number of rotatable bonds is 13. The van der Waals surface area contributed by atoms with Crippen molar-refractivity contribution in [3.05, 3.63) is 117 Å². The van der Waals surface area contributed by atoms with Crippen molar-refractivity contribution in [2.24, 2.45) is 0 Å². The maximum Gasteiger partial charge on any atom is 0.272 e. The van der Waals surface area contributed by atoms with Gasteiger partial charge in [0, 0.05) is 38.7 Å². The molecule has 1 atom stereocenters. The molecule has 5 aromatic rings. The van der Waals surface area contributed by atoms with Crippen LogP contribution >= 0.6 is 46.3 Å². The summed E-state index contributed by atoms with van der Waals surface area (Å²) in [6.07, 6.45) is 1.49. The Balaban J connectivity index is 1.32. The second-order valence-corrected chi connectivity index (χ2v) is 13.8. The van der Waals surface area contributed by atoms with Crippen LogP contribution in [0.5, 0.6) is 17.2 Å². The van der Waals surface area contributed by atoms with Gasteiger partial charge < -0.3 is 30.2 Å². The molecule has 262 valence electrons. The van der Waals surface area contributed by atoms with Gasteiger partial charge in [-0.05, 0) is 61.5 Å². The zero-order valence-corrected chi connectivity index (χ0v) is 30.9. The lowest BCUT2D eigenvalue weighted by atomic mass is 10.1. The number of thiazole rings is 1. The number of anilines is 2. The number of amides is 3. The van der Waals surface area contributed by atoms with Crippen molar-refractivity contribution in [1.29, 1.82) is 0 Å². The molecule has 0 radical (unpaired) electrons. The van der Waals surface area contributed by atoms with E-state index in [9.17, 15) is 14.4 Å². The highest BCUT2D eigenvalue weighted by Crippen LogP contribution is 2.36. The fourth-order valence-corrected chi connectivity index (χ4v) is 6.64. The van der Waals surface area contributed by atoms with Crippen molar-refractivity contribution in [3.63, 3.8) is 0 Å². The number of hydrogen-bond acceptors (Lipinski definition) is 9. The normalized spacial score (nSPS) is 11.7. The number of ether oxygens (including phenoxy) is 3. The van der Waals surface area contributed by atoms with Crippen LogP contribution < -0.4 is 30.2 Å². The summed E-state index contributed by atoms with van der Waals surface area (Å²) in [7, 11) is 4.48. The summed E-state index contributed by atoms with van der Waals surface area (Å²) in [5.74, 6) is -0.0929. The minimum Gasteiger partial charge on any atom is -0.496 e. The third kappa shape index (κ3) is 9.62. The second kappa shape index (κ2) is 17.3.